The molecule has 0 aliphatic heterocycles. The van der Waals surface area contributed by atoms with Crippen LogP contribution in [0.2, 0.25) is 0 Å². The van der Waals surface area contributed by atoms with Crippen LogP contribution in [0, 0.1) is 11.3 Å². The van der Waals surface area contributed by atoms with Gasteiger partial charge in [-0.25, -0.2) is 15.0 Å². The Morgan fingerprint density at radius 3 is 1.83 bits per heavy atom. The Kier molecular flexibility index (Phi) is 6.38. The minimum Gasteiger partial charge on any atom is -0.454 e. The van der Waals surface area contributed by atoms with Gasteiger partial charge in [0.2, 0.25) is 0 Å². The quantitative estimate of drug-likeness (QED) is 0.183. The molecule has 7 aromatic carbocycles. The van der Waals surface area contributed by atoms with Gasteiger partial charge >= 0.3 is 0 Å². The summed E-state index contributed by atoms with van der Waals surface area (Å²) in [6.07, 6.45) is 0. The van der Waals surface area contributed by atoms with E-state index < -0.39 is 0 Å². The molecule has 0 aliphatic carbocycles. The summed E-state index contributed by atoms with van der Waals surface area (Å²) in [7, 11) is 0. The Labute approximate surface area is 306 Å². The molecule has 0 amide bonds. The molecule has 7 heteroatoms. The van der Waals surface area contributed by atoms with Crippen LogP contribution in [0.1, 0.15) is 5.56 Å². The standard InChI is InChI=1S/C46H25N5OS/c47-26-27-18-20-29(21-19-27)45-48-44(28-10-2-1-3-11-28)49-46(50-45)30-22-24-31(25-23-30)51-35-15-7-4-12-32(35)40-41(51)42-38(33-13-5-8-16-36(33)52-42)39-34-14-6-9-17-37(34)53-43(39)40/h1-25H. The highest BCUT2D eigenvalue weighted by Crippen LogP contribution is 2.50. The molecule has 6 nitrogen and oxygen atoms in total. The SMILES string of the molecule is N#Cc1ccc(-c2nc(-c3ccccc3)nc(-c3ccc(-n4c5ccccc5c5c6sc7ccccc7c6c6c7ccccc7oc6c54)cc3)n2)cc1. The van der Waals surface area contributed by atoms with E-state index in [0.717, 1.165) is 55.3 Å². The Hall–Kier alpha value is -7.14. The lowest BCUT2D eigenvalue weighted by Gasteiger charge is -2.11. The first-order valence-corrected chi connectivity index (χ1v) is 18.2. The molecule has 0 radical (unpaired) electrons. The van der Waals surface area contributed by atoms with E-state index in [4.69, 9.17) is 19.4 Å². The second kappa shape index (κ2) is 11.4. The van der Waals surface area contributed by atoms with Crippen molar-refractivity contribution >= 4 is 75.3 Å². The number of thiophene rings is 1. The van der Waals surface area contributed by atoms with Crippen LogP contribution in [0.15, 0.2) is 156 Å². The molecule has 0 spiro atoms. The second-order valence-corrected chi connectivity index (χ2v) is 14.1. The van der Waals surface area contributed by atoms with Gasteiger partial charge in [-0.1, -0.05) is 84.9 Å². The van der Waals surface area contributed by atoms with Crippen LogP contribution >= 0.6 is 11.3 Å². The number of rotatable bonds is 4. The van der Waals surface area contributed by atoms with Gasteiger partial charge in [-0.3, -0.25) is 0 Å². The maximum atomic E-state index is 9.36. The Balaban J connectivity index is 1.15. The minimum absolute atomic E-state index is 0.546. The number of aromatic nitrogens is 4. The van der Waals surface area contributed by atoms with Crippen LogP contribution in [0.5, 0.6) is 0 Å². The smallest absolute Gasteiger partial charge is 0.164 e. The molecule has 0 aliphatic rings. The summed E-state index contributed by atoms with van der Waals surface area (Å²) in [6.45, 7) is 0. The molecule has 0 saturated heterocycles. The summed E-state index contributed by atoms with van der Waals surface area (Å²) in [5.74, 6) is 1.70. The third-order valence-electron chi connectivity index (χ3n) is 10.1. The molecule has 0 saturated carbocycles. The van der Waals surface area contributed by atoms with Crippen molar-refractivity contribution < 1.29 is 4.42 Å². The van der Waals surface area contributed by atoms with Gasteiger partial charge in [0.15, 0.2) is 23.1 Å². The van der Waals surface area contributed by atoms with Crippen LogP contribution in [-0.4, -0.2) is 19.5 Å². The molecule has 0 unspecified atom stereocenters. The molecule has 246 valence electrons. The van der Waals surface area contributed by atoms with Crippen LogP contribution in [0.4, 0.5) is 0 Å². The maximum absolute atomic E-state index is 9.36. The van der Waals surface area contributed by atoms with Crippen molar-refractivity contribution in [1.82, 2.24) is 19.5 Å². The zero-order valence-corrected chi connectivity index (χ0v) is 28.8. The topological polar surface area (TPSA) is 80.5 Å². The third kappa shape index (κ3) is 4.46. The highest BCUT2D eigenvalue weighted by molar-refractivity contribution is 7.27. The first kappa shape index (κ1) is 29.6. The van der Waals surface area contributed by atoms with Crippen molar-refractivity contribution in [3.8, 4) is 45.9 Å². The molecular formula is C46H25N5OS. The number of nitrogens with zero attached hydrogens (tertiary/aromatic N) is 5. The molecule has 0 N–H and O–H groups in total. The second-order valence-electron chi connectivity index (χ2n) is 13.1. The number of hydrogen-bond acceptors (Lipinski definition) is 6. The minimum atomic E-state index is 0.546. The summed E-state index contributed by atoms with van der Waals surface area (Å²) in [6, 6.07) is 53.6. The van der Waals surface area contributed by atoms with Crippen molar-refractivity contribution in [2.75, 3.05) is 0 Å². The summed E-state index contributed by atoms with van der Waals surface area (Å²) in [4.78, 5) is 14.7. The third-order valence-corrected chi connectivity index (χ3v) is 11.3. The van der Waals surface area contributed by atoms with Crippen LogP contribution in [0.3, 0.4) is 0 Å². The van der Waals surface area contributed by atoms with E-state index in [-0.39, 0.29) is 0 Å². The predicted molar refractivity (Wildman–Crippen MR) is 215 cm³/mol. The van der Waals surface area contributed by atoms with Gasteiger partial charge in [0.1, 0.15) is 5.58 Å². The number of furan rings is 1. The van der Waals surface area contributed by atoms with E-state index >= 15 is 0 Å². The Morgan fingerprint density at radius 2 is 1.11 bits per heavy atom. The van der Waals surface area contributed by atoms with Gasteiger partial charge in [-0.2, -0.15) is 5.26 Å². The maximum Gasteiger partial charge on any atom is 0.164 e. The molecule has 0 atom stereocenters. The number of nitriles is 1. The molecule has 0 bridgehead atoms. The van der Waals surface area contributed by atoms with Crippen molar-refractivity contribution in [2.45, 2.75) is 0 Å². The van der Waals surface area contributed by atoms with Gasteiger partial charge in [0.25, 0.3) is 0 Å². The number of benzene rings is 7. The average molecular weight is 696 g/mol. The zero-order chi connectivity index (χ0) is 35.0. The van der Waals surface area contributed by atoms with Gasteiger partial charge in [-0.05, 0) is 66.7 Å². The molecule has 4 aromatic heterocycles. The lowest BCUT2D eigenvalue weighted by molar-refractivity contribution is 0.671. The van der Waals surface area contributed by atoms with Crippen molar-refractivity contribution in [2.24, 2.45) is 0 Å². The van der Waals surface area contributed by atoms with Gasteiger partial charge in [0, 0.05) is 64.1 Å². The van der Waals surface area contributed by atoms with E-state index in [1.54, 1.807) is 12.1 Å². The van der Waals surface area contributed by atoms with Crippen molar-refractivity contribution in [3.63, 3.8) is 0 Å². The van der Waals surface area contributed by atoms with E-state index in [9.17, 15) is 5.26 Å². The van der Waals surface area contributed by atoms with Crippen LogP contribution in [-0.2, 0) is 0 Å². The first-order chi connectivity index (χ1) is 26.2. The fraction of sp³-hybridized carbons (Fsp3) is 0. The van der Waals surface area contributed by atoms with E-state index in [1.165, 1.54) is 30.9 Å². The predicted octanol–water partition coefficient (Wildman–Crippen LogP) is 12.1. The summed E-state index contributed by atoms with van der Waals surface area (Å²) in [5.41, 5.74) is 8.09. The monoisotopic (exact) mass is 695 g/mol. The Bertz CT molecular complexity index is 3280. The fourth-order valence-electron chi connectivity index (χ4n) is 7.69. The normalized spacial score (nSPS) is 11.8. The Morgan fingerprint density at radius 1 is 0.528 bits per heavy atom. The molecule has 11 rings (SSSR count). The van der Waals surface area contributed by atoms with Gasteiger partial charge < -0.3 is 8.98 Å². The highest BCUT2D eigenvalue weighted by atomic mass is 32.1. The number of hydrogen-bond donors (Lipinski definition) is 0. The van der Waals surface area contributed by atoms with Crippen LogP contribution in [0.25, 0.3) is 104 Å². The van der Waals surface area contributed by atoms with Crippen molar-refractivity contribution in [1.29, 1.82) is 5.26 Å². The number of fused-ring (bicyclic) bond motifs is 12. The van der Waals surface area contributed by atoms with E-state index in [2.05, 4.69) is 102 Å². The molecule has 11 aromatic rings. The average Bonchev–Trinajstić information content (AvgIpc) is 3.91. The highest BCUT2D eigenvalue weighted by Gasteiger charge is 2.25. The molecule has 0 fully saturated rings. The zero-order valence-electron chi connectivity index (χ0n) is 28.0. The van der Waals surface area contributed by atoms with Crippen molar-refractivity contribution in [3.05, 3.63) is 157 Å². The fourth-order valence-corrected chi connectivity index (χ4v) is 8.96. The largest absolute Gasteiger partial charge is 0.454 e. The lowest BCUT2D eigenvalue weighted by atomic mass is 10.0. The van der Waals surface area contributed by atoms with Gasteiger partial charge in [-0.15, -0.1) is 11.3 Å². The molecule has 4 heterocycles. The molecular weight excluding hydrogens is 671 g/mol. The molecule has 53 heavy (non-hydrogen) atoms. The first-order valence-electron chi connectivity index (χ1n) is 17.3. The summed E-state index contributed by atoms with van der Waals surface area (Å²) in [5, 5.41) is 16.5. The van der Waals surface area contributed by atoms with E-state index in [1.807, 2.05) is 59.9 Å². The summed E-state index contributed by atoms with van der Waals surface area (Å²) >= 11 is 1.85. The van der Waals surface area contributed by atoms with E-state index in [0.29, 0.717) is 23.0 Å². The lowest BCUT2D eigenvalue weighted by Crippen LogP contribution is -2.00. The van der Waals surface area contributed by atoms with Crippen LogP contribution < -0.4 is 0 Å². The van der Waals surface area contributed by atoms with Gasteiger partial charge in [0.05, 0.1) is 22.7 Å². The number of para-hydroxylation sites is 2. The summed E-state index contributed by atoms with van der Waals surface area (Å²) < 4.78 is 11.7.